The average molecular weight is 352 g/mol. The lowest BCUT2D eigenvalue weighted by Gasteiger charge is -2.18. The topological polar surface area (TPSA) is 41.6 Å². The Labute approximate surface area is 156 Å². The van der Waals surface area contributed by atoms with Crippen LogP contribution in [0.15, 0.2) is 54.6 Å². The fourth-order valence-electron chi connectivity index (χ4n) is 3.45. The van der Waals surface area contributed by atoms with E-state index in [1.165, 1.54) is 11.1 Å². The standard InChI is InChI=1S/C22H28N2O2/c1-2-23-22(25)20-12-14-24(17-20)16-19-10-6-7-11-21(19)26-15-13-18-8-4-3-5-9-18/h3-11,20H,2,12-17H2,1H3,(H,23,25)/t20-/m0/s1. The fraction of sp³-hybridized carbons (Fsp3) is 0.409. The zero-order valence-electron chi connectivity index (χ0n) is 15.5. The Hall–Kier alpha value is -2.33. The van der Waals surface area contributed by atoms with Crippen molar-refractivity contribution in [1.82, 2.24) is 10.2 Å². The van der Waals surface area contributed by atoms with Crippen LogP contribution in [0.2, 0.25) is 0 Å². The molecule has 3 rings (SSSR count). The van der Waals surface area contributed by atoms with Crippen LogP contribution < -0.4 is 10.1 Å². The van der Waals surface area contributed by atoms with Crippen LogP contribution in [0, 0.1) is 5.92 Å². The maximum absolute atomic E-state index is 12.0. The van der Waals surface area contributed by atoms with E-state index in [1.54, 1.807) is 0 Å². The molecule has 1 aliphatic rings. The molecular formula is C22H28N2O2. The van der Waals surface area contributed by atoms with Gasteiger partial charge in [-0.3, -0.25) is 9.69 Å². The SMILES string of the molecule is CCNC(=O)[C@H]1CCN(Cc2ccccc2OCCc2ccccc2)C1. The van der Waals surface area contributed by atoms with Gasteiger partial charge in [-0.15, -0.1) is 0 Å². The number of para-hydroxylation sites is 1. The van der Waals surface area contributed by atoms with Gasteiger partial charge in [0.1, 0.15) is 5.75 Å². The normalized spacial score (nSPS) is 17.2. The quantitative estimate of drug-likeness (QED) is 0.793. The highest BCUT2D eigenvalue weighted by Gasteiger charge is 2.28. The van der Waals surface area contributed by atoms with E-state index >= 15 is 0 Å². The molecule has 1 amide bonds. The summed E-state index contributed by atoms with van der Waals surface area (Å²) in [6.45, 7) is 5.95. The van der Waals surface area contributed by atoms with Crippen molar-refractivity contribution in [2.45, 2.75) is 26.3 Å². The minimum Gasteiger partial charge on any atom is -0.493 e. The molecule has 2 aromatic rings. The summed E-state index contributed by atoms with van der Waals surface area (Å²) in [5.74, 6) is 1.24. The summed E-state index contributed by atoms with van der Waals surface area (Å²) in [6.07, 6.45) is 1.83. The molecule has 0 bridgehead atoms. The third-order valence-electron chi connectivity index (χ3n) is 4.85. The second-order valence-electron chi connectivity index (χ2n) is 6.81. The summed E-state index contributed by atoms with van der Waals surface area (Å²) in [6, 6.07) is 18.6. The first kappa shape index (κ1) is 18.5. The largest absolute Gasteiger partial charge is 0.493 e. The van der Waals surface area contributed by atoms with E-state index in [9.17, 15) is 4.79 Å². The number of benzene rings is 2. The summed E-state index contributed by atoms with van der Waals surface area (Å²) >= 11 is 0. The van der Waals surface area contributed by atoms with Crippen molar-refractivity contribution in [3.63, 3.8) is 0 Å². The van der Waals surface area contributed by atoms with Crippen LogP contribution in [-0.2, 0) is 17.8 Å². The molecule has 0 spiro atoms. The number of ether oxygens (including phenoxy) is 1. The first-order valence-electron chi connectivity index (χ1n) is 9.51. The number of carbonyl (C=O) groups is 1. The van der Waals surface area contributed by atoms with Gasteiger partial charge in [0.05, 0.1) is 12.5 Å². The van der Waals surface area contributed by atoms with Crippen molar-refractivity contribution in [3.8, 4) is 5.75 Å². The predicted molar refractivity (Wildman–Crippen MR) is 104 cm³/mol. The van der Waals surface area contributed by atoms with Crippen molar-refractivity contribution in [2.24, 2.45) is 5.92 Å². The van der Waals surface area contributed by atoms with Crippen molar-refractivity contribution in [1.29, 1.82) is 0 Å². The summed E-state index contributed by atoms with van der Waals surface area (Å²) < 4.78 is 6.06. The molecule has 0 aromatic heterocycles. The highest BCUT2D eigenvalue weighted by atomic mass is 16.5. The lowest BCUT2D eigenvalue weighted by Crippen LogP contribution is -2.32. The van der Waals surface area contributed by atoms with Crippen molar-refractivity contribution in [2.75, 3.05) is 26.2 Å². The minimum atomic E-state index is 0.112. The summed E-state index contributed by atoms with van der Waals surface area (Å²) in [5.41, 5.74) is 2.48. The second kappa shape index (κ2) is 9.39. The van der Waals surface area contributed by atoms with E-state index in [2.05, 4.69) is 46.6 Å². The van der Waals surface area contributed by atoms with Crippen molar-refractivity contribution < 1.29 is 9.53 Å². The molecule has 4 heteroatoms. The second-order valence-corrected chi connectivity index (χ2v) is 6.81. The molecule has 0 radical (unpaired) electrons. The molecule has 2 aromatic carbocycles. The van der Waals surface area contributed by atoms with Crippen LogP contribution in [0.5, 0.6) is 5.75 Å². The van der Waals surface area contributed by atoms with Gasteiger partial charge >= 0.3 is 0 Å². The Morgan fingerprint density at radius 2 is 1.92 bits per heavy atom. The minimum absolute atomic E-state index is 0.112. The maximum atomic E-state index is 12.0. The van der Waals surface area contributed by atoms with E-state index in [4.69, 9.17) is 4.74 Å². The van der Waals surface area contributed by atoms with Gasteiger partial charge in [-0.25, -0.2) is 0 Å². The third-order valence-corrected chi connectivity index (χ3v) is 4.85. The Kier molecular flexibility index (Phi) is 6.67. The van der Waals surface area contributed by atoms with Gasteiger partial charge < -0.3 is 10.1 Å². The number of nitrogens with one attached hydrogen (secondary N) is 1. The first-order valence-corrected chi connectivity index (χ1v) is 9.51. The number of carbonyl (C=O) groups excluding carboxylic acids is 1. The van der Waals surface area contributed by atoms with Crippen LogP contribution >= 0.6 is 0 Å². The highest BCUT2D eigenvalue weighted by Crippen LogP contribution is 2.24. The monoisotopic (exact) mass is 352 g/mol. The average Bonchev–Trinajstić information content (AvgIpc) is 3.13. The number of amides is 1. The lowest BCUT2D eigenvalue weighted by molar-refractivity contribution is -0.124. The van der Waals surface area contributed by atoms with Crippen LogP contribution in [-0.4, -0.2) is 37.0 Å². The van der Waals surface area contributed by atoms with Crippen LogP contribution in [0.3, 0.4) is 0 Å². The van der Waals surface area contributed by atoms with Gasteiger partial charge in [-0.1, -0.05) is 48.5 Å². The van der Waals surface area contributed by atoms with Gasteiger partial charge in [0, 0.05) is 31.6 Å². The Morgan fingerprint density at radius 3 is 2.73 bits per heavy atom. The van der Waals surface area contributed by atoms with E-state index in [0.717, 1.165) is 38.2 Å². The lowest BCUT2D eigenvalue weighted by atomic mass is 10.1. The summed E-state index contributed by atoms with van der Waals surface area (Å²) in [4.78, 5) is 14.4. The molecule has 0 aliphatic carbocycles. The molecule has 1 N–H and O–H groups in total. The number of hydrogen-bond acceptors (Lipinski definition) is 3. The number of hydrogen-bond donors (Lipinski definition) is 1. The Balaban J connectivity index is 1.53. The fourth-order valence-corrected chi connectivity index (χ4v) is 3.45. The molecule has 1 atom stereocenters. The number of rotatable bonds is 8. The molecule has 0 unspecified atom stereocenters. The number of likely N-dealkylation sites (tertiary alicyclic amines) is 1. The summed E-state index contributed by atoms with van der Waals surface area (Å²) in [7, 11) is 0. The zero-order chi connectivity index (χ0) is 18.2. The Bertz CT molecular complexity index is 702. The molecule has 1 fully saturated rings. The maximum Gasteiger partial charge on any atom is 0.224 e. The molecular weight excluding hydrogens is 324 g/mol. The van der Waals surface area contributed by atoms with E-state index in [1.807, 2.05) is 25.1 Å². The van der Waals surface area contributed by atoms with Crippen molar-refractivity contribution in [3.05, 3.63) is 65.7 Å². The van der Waals surface area contributed by atoms with Crippen LogP contribution in [0.25, 0.3) is 0 Å². The molecule has 1 heterocycles. The molecule has 0 saturated carbocycles. The Morgan fingerprint density at radius 1 is 1.15 bits per heavy atom. The third kappa shape index (κ3) is 5.09. The first-order chi connectivity index (χ1) is 12.8. The molecule has 4 nitrogen and oxygen atoms in total. The zero-order valence-corrected chi connectivity index (χ0v) is 15.5. The van der Waals surface area contributed by atoms with Crippen molar-refractivity contribution >= 4 is 5.91 Å². The van der Waals surface area contributed by atoms with E-state index in [-0.39, 0.29) is 11.8 Å². The summed E-state index contributed by atoms with van der Waals surface area (Å²) in [5, 5.41) is 2.94. The predicted octanol–water partition coefficient (Wildman–Crippen LogP) is 3.27. The van der Waals surface area contributed by atoms with Crippen LogP contribution in [0.4, 0.5) is 0 Å². The molecule has 26 heavy (non-hydrogen) atoms. The van der Waals surface area contributed by atoms with Gasteiger partial charge in [-0.2, -0.15) is 0 Å². The number of nitrogens with zero attached hydrogens (tertiary/aromatic N) is 1. The van der Waals surface area contributed by atoms with E-state index < -0.39 is 0 Å². The van der Waals surface area contributed by atoms with Gasteiger partial charge in [0.2, 0.25) is 5.91 Å². The van der Waals surface area contributed by atoms with Gasteiger partial charge in [-0.05, 0) is 31.5 Å². The molecule has 138 valence electrons. The molecule has 1 saturated heterocycles. The van der Waals surface area contributed by atoms with Gasteiger partial charge in [0.15, 0.2) is 0 Å². The van der Waals surface area contributed by atoms with Crippen LogP contribution in [0.1, 0.15) is 24.5 Å². The highest BCUT2D eigenvalue weighted by molar-refractivity contribution is 5.79. The smallest absolute Gasteiger partial charge is 0.224 e. The van der Waals surface area contributed by atoms with E-state index in [0.29, 0.717) is 13.2 Å². The van der Waals surface area contributed by atoms with Gasteiger partial charge in [0.25, 0.3) is 0 Å². The molecule has 1 aliphatic heterocycles.